The molecule has 0 saturated carbocycles. The van der Waals surface area contributed by atoms with Crippen molar-refractivity contribution in [1.29, 1.82) is 0 Å². The van der Waals surface area contributed by atoms with Gasteiger partial charge in [-0.05, 0) is 12.1 Å². The number of hydrogen-bond donors (Lipinski definition) is 1. The van der Waals surface area contributed by atoms with Crippen LogP contribution in [0.3, 0.4) is 0 Å². The largest absolute Gasteiger partial charge is 0.410 e. The van der Waals surface area contributed by atoms with Crippen LogP contribution in [0.5, 0.6) is 0 Å². The van der Waals surface area contributed by atoms with Crippen LogP contribution in [0.4, 0.5) is 0 Å². The smallest absolute Gasteiger partial charge is 0.175 e. The summed E-state index contributed by atoms with van der Waals surface area (Å²) in [5.74, 6) is 0. The predicted molar refractivity (Wildman–Crippen MR) is 38.4 cm³/mol. The Labute approximate surface area is 63.0 Å². The molecule has 0 radical (unpaired) electrons. The van der Waals surface area contributed by atoms with Crippen molar-refractivity contribution in [3.05, 3.63) is 30.1 Å². The average molecular weight is 157 g/mol. The summed E-state index contributed by atoms with van der Waals surface area (Å²) >= 11 is 5.46. The van der Waals surface area contributed by atoms with E-state index in [1.54, 1.807) is 24.5 Å². The van der Waals surface area contributed by atoms with Crippen molar-refractivity contribution in [2.75, 3.05) is 0 Å². The van der Waals surface area contributed by atoms with Crippen molar-refractivity contribution in [2.24, 2.45) is 5.16 Å². The monoisotopic (exact) mass is 156 g/mol. The van der Waals surface area contributed by atoms with Crippen molar-refractivity contribution < 1.29 is 5.21 Å². The minimum atomic E-state index is 0.0717. The summed E-state index contributed by atoms with van der Waals surface area (Å²) in [4.78, 5) is 3.77. The van der Waals surface area contributed by atoms with Crippen LogP contribution in [0, 0.1) is 0 Å². The van der Waals surface area contributed by atoms with Gasteiger partial charge in [-0.25, -0.2) is 0 Å². The highest BCUT2D eigenvalue weighted by Crippen LogP contribution is 2.01. The molecule has 0 aliphatic carbocycles. The van der Waals surface area contributed by atoms with Gasteiger partial charge in [0.05, 0.1) is 0 Å². The third-order valence-corrected chi connectivity index (χ3v) is 1.30. The second-order valence-electron chi connectivity index (χ2n) is 1.63. The number of nitrogens with zero attached hydrogens (tertiary/aromatic N) is 2. The predicted octanol–water partition coefficient (Wildman–Crippen LogP) is 1.46. The topological polar surface area (TPSA) is 45.5 Å². The summed E-state index contributed by atoms with van der Waals surface area (Å²) in [7, 11) is 0. The number of rotatable bonds is 1. The summed E-state index contributed by atoms with van der Waals surface area (Å²) in [5, 5.41) is 11.1. The van der Waals surface area contributed by atoms with Crippen molar-refractivity contribution in [3.63, 3.8) is 0 Å². The standard InChI is InChI=1S/C6H5ClN2O/c7-6(9-10)5-1-3-8-4-2-5/h1-4,10H/b9-6-. The zero-order valence-electron chi connectivity index (χ0n) is 5.03. The number of halogens is 1. The molecule has 0 atom stereocenters. The maximum atomic E-state index is 8.22. The van der Waals surface area contributed by atoms with E-state index in [2.05, 4.69) is 10.1 Å². The van der Waals surface area contributed by atoms with Gasteiger partial charge in [0.25, 0.3) is 0 Å². The molecule has 0 fully saturated rings. The van der Waals surface area contributed by atoms with Crippen molar-refractivity contribution in [3.8, 4) is 0 Å². The second-order valence-corrected chi connectivity index (χ2v) is 1.98. The fourth-order valence-electron chi connectivity index (χ4n) is 0.547. The molecule has 1 rings (SSSR count). The Kier molecular flexibility index (Phi) is 2.23. The molecule has 1 N–H and O–H groups in total. The van der Waals surface area contributed by atoms with Gasteiger partial charge in [0.1, 0.15) is 0 Å². The lowest BCUT2D eigenvalue weighted by Gasteiger charge is -1.91. The lowest BCUT2D eigenvalue weighted by molar-refractivity contribution is 0.321. The van der Waals surface area contributed by atoms with Crippen LogP contribution in [0.1, 0.15) is 5.56 Å². The number of pyridine rings is 1. The van der Waals surface area contributed by atoms with Gasteiger partial charge >= 0.3 is 0 Å². The van der Waals surface area contributed by atoms with Gasteiger partial charge in [-0.15, -0.1) is 0 Å². The van der Waals surface area contributed by atoms with Gasteiger partial charge in [0, 0.05) is 18.0 Å². The van der Waals surface area contributed by atoms with Gasteiger partial charge < -0.3 is 5.21 Å². The molecule has 0 bridgehead atoms. The van der Waals surface area contributed by atoms with Gasteiger partial charge in [0.2, 0.25) is 0 Å². The van der Waals surface area contributed by atoms with Crippen molar-refractivity contribution >= 4 is 16.8 Å². The number of aromatic nitrogens is 1. The van der Waals surface area contributed by atoms with Crippen LogP contribution < -0.4 is 0 Å². The Bertz CT molecular complexity index is 235. The summed E-state index contributed by atoms with van der Waals surface area (Å²) in [6, 6.07) is 3.31. The Balaban J connectivity index is 2.96. The molecule has 0 aliphatic rings. The maximum absolute atomic E-state index is 8.22. The number of hydrogen-bond acceptors (Lipinski definition) is 3. The minimum Gasteiger partial charge on any atom is -0.410 e. The van der Waals surface area contributed by atoms with Crippen LogP contribution in [-0.4, -0.2) is 15.4 Å². The molecule has 1 aromatic heterocycles. The van der Waals surface area contributed by atoms with Crippen LogP contribution >= 0.6 is 11.6 Å². The maximum Gasteiger partial charge on any atom is 0.175 e. The fraction of sp³-hybridized carbons (Fsp3) is 0. The van der Waals surface area contributed by atoms with Crippen molar-refractivity contribution in [2.45, 2.75) is 0 Å². The molecule has 0 saturated heterocycles. The first-order valence-corrected chi connectivity index (χ1v) is 3.00. The van der Waals surface area contributed by atoms with Crippen LogP contribution in [0.2, 0.25) is 0 Å². The molecular formula is C6H5ClN2O. The quantitative estimate of drug-likeness (QED) is 0.380. The Hall–Kier alpha value is -1.09. The van der Waals surface area contributed by atoms with E-state index in [4.69, 9.17) is 16.8 Å². The molecule has 10 heavy (non-hydrogen) atoms. The normalized spacial score (nSPS) is 11.5. The molecule has 1 heterocycles. The van der Waals surface area contributed by atoms with Crippen LogP contribution in [0.25, 0.3) is 0 Å². The molecule has 0 spiro atoms. The number of oxime groups is 1. The highest BCUT2D eigenvalue weighted by atomic mass is 35.5. The van der Waals surface area contributed by atoms with E-state index in [1.165, 1.54) is 0 Å². The zero-order chi connectivity index (χ0) is 7.40. The summed E-state index contributed by atoms with van der Waals surface area (Å²) in [5.41, 5.74) is 0.652. The molecule has 3 nitrogen and oxygen atoms in total. The average Bonchev–Trinajstić information content (AvgIpc) is 2.05. The Morgan fingerprint density at radius 3 is 2.60 bits per heavy atom. The second kappa shape index (κ2) is 3.17. The fourth-order valence-corrected chi connectivity index (χ4v) is 0.673. The molecule has 0 aromatic carbocycles. The Morgan fingerprint density at radius 1 is 1.50 bits per heavy atom. The van der Waals surface area contributed by atoms with E-state index >= 15 is 0 Å². The van der Waals surface area contributed by atoms with E-state index in [0.29, 0.717) is 5.56 Å². The third kappa shape index (κ3) is 1.45. The lowest BCUT2D eigenvalue weighted by Crippen LogP contribution is -1.89. The van der Waals surface area contributed by atoms with Crippen molar-refractivity contribution in [1.82, 2.24) is 4.98 Å². The van der Waals surface area contributed by atoms with E-state index in [1.807, 2.05) is 0 Å². The summed E-state index contributed by atoms with van der Waals surface area (Å²) in [6.45, 7) is 0. The molecular weight excluding hydrogens is 152 g/mol. The summed E-state index contributed by atoms with van der Waals surface area (Å²) in [6.07, 6.45) is 3.14. The van der Waals surface area contributed by atoms with E-state index in [-0.39, 0.29) is 5.17 Å². The van der Waals surface area contributed by atoms with E-state index in [9.17, 15) is 0 Å². The highest BCUT2D eigenvalue weighted by Gasteiger charge is 1.96. The highest BCUT2D eigenvalue weighted by molar-refractivity contribution is 6.69. The first kappa shape index (κ1) is 7.02. The third-order valence-electron chi connectivity index (χ3n) is 1.01. The van der Waals surface area contributed by atoms with Gasteiger partial charge in [0.15, 0.2) is 5.17 Å². The SMILES string of the molecule is O/N=C(\Cl)c1ccncc1. The molecule has 4 heteroatoms. The minimum absolute atomic E-state index is 0.0717. The first-order chi connectivity index (χ1) is 4.84. The van der Waals surface area contributed by atoms with E-state index < -0.39 is 0 Å². The molecule has 1 aromatic rings. The van der Waals surface area contributed by atoms with Gasteiger partial charge in [-0.3, -0.25) is 4.98 Å². The lowest BCUT2D eigenvalue weighted by atomic mass is 10.3. The first-order valence-electron chi connectivity index (χ1n) is 2.62. The molecule has 0 aliphatic heterocycles. The zero-order valence-corrected chi connectivity index (χ0v) is 5.78. The Morgan fingerprint density at radius 2 is 2.10 bits per heavy atom. The van der Waals surface area contributed by atoms with Gasteiger partial charge in [-0.2, -0.15) is 0 Å². The van der Waals surface area contributed by atoms with Gasteiger partial charge in [-0.1, -0.05) is 16.8 Å². The molecule has 0 amide bonds. The van der Waals surface area contributed by atoms with Crippen LogP contribution in [-0.2, 0) is 0 Å². The van der Waals surface area contributed by atoms with Crippen LogP contribution in [0.15, 0.2) is 29.7 Å². The van der Waals surface area contributed by atoms with E-state index in [0.717, 1.165) is 0 Å². The molecule has 0 unspecified atom stereocenters. The summed E-state index contributed by atoms with van der Waals surface area (Å²) < 4.78 is 0. The molecule has 52 valence electrons.